The zero-order valence-electron chi connectivity index (χ0n) is 22.8. The summed E-state index contributed by atoms with van der Waals surface area (Å²) in [5.74, 6) is 0. The molecule has 4 heteroatoms. The van der Waals surface area contributed by atoms with Gasteiger partial charge in [-0.05, 0) is 58.8 Å². The van der Waals surface area contributed by atoms with E-state index in [4.69, 9.17) is 0 Å². The Bertz CT molecular complexity index is 378. The molecule has 0 spiro atoms. The molecule has 3 nitrogen and oxygen atoms in total. The molecule has 0 aliphatic heterocycles. The molecule has 0 bridgehead atoms. The van der Waals surface area contributed by atoms with E-state index >= 15 is 0 Å². The van der Waals surface area contributed by atoms with Gasteiger partial charge in [-0.15, -0.1) is 6.58 Å². The van der Waals surface area contributed by atoms with E-state index in [2.05, 4.69) is 36.6 Å². The summed E-state index contributed by atoms with van der Waals surface area (Å²) in [7, 11) is 1.94. The van der Waals surface area contributed by atoms with Crippen molar-refractivity contribution in [3.63, 3.8) is 0 Å². The van der Waals surface area contributed by atoms with Crippen LogP contribution in [0.4, 0.5) is 0 Å². The second kappa shape index (κ2) is 28.2. The highest BCUT2D eigenvalue weighted by Crippen LogP contribution is 2.13. The number of rotatable bonds is 28. The lowest BCUT2D eigenvalue weighted by Gasteiger charge is -2.23. The van der Waals surface area contributed by atoms with Gasteiger partial charge in [0, 0.05) is 6.54 Å². The predicted octanol–water partition coefficient (Wildman–Crippen LogP) is 8.97. The highest BCUT2D eigenvalue weighted by atomic mass is 32.1. The highest BCUT2D eigenvalue weighted by Gasteiger charge is 2.06. The zero-order chi connectivity index (χ0) is 24.2. The van der Waals surface area contributed by atoms with Crippen LogP contribution in [0.25, 0.3) is 0 Å². The van der Waals surface area contributed by atoms with Crippen LogP contribution in [0, 0.1) is 0 Å². The molecule has 0 aromatic carbocycles. The molecular weight excluding hydrogens is 422 g/mol. The third-order valence-corrected chi connectivity index (χ3v) is 7.21. The van der Waals surface area contributed by atoms with E-state index in [1.165, 1.54) is 154 Å². The van der Waals surface area contributed by atoms with Crippen molar-refractivity contribution in [2.45, 2.75) is 142 Å². The summed E-state index contributed by atoms with van der Waals surface area (Å²) in [6.07, 6.45) is 31.3. The Morgan fingerprint density at radius 2 is 0.970 bits per heavy atom. The van der Waals surface area contributed by atoms with Crippen molar-refractivity contribution >= 4 is 12.8 Å². The maximum absolute atomic E-state index is 4.42. The fourth-order valence-corrected chi connectivity index (χ4v) is 4.72. The first kappa shape index (κ1) is 33.0. The van der Waals surface area contributed by atoms with Crippen LogP contribution in [-0.4, -0.2) is 42.5 Å². The van der Waals surface area contributed by atoms with Crippen molar-refractivity contribution in [1.82, 2.24) is 14.7 Å². The summed E-state index contributed by atoms with van der Waals surface area (Å²) >= 11 is 4.42. The predicted molar refractivity (Wildman–Crippen MR) is 154 cm³/mol. The highest BCUT2D eigenvalue weighted by molar-refractivity contribution is 7.77. The first-order valence-electron chi connectivity index (χ1n) is 14.7. The SMILES string of the molecule is C=CCCCCCCCN(CCCCCCCCCCCCCCCC)CCCN(S)NC. The Hall–Kier alpha value is -0.0300. The van der Waals surface area contributed by atoms with Crippen LogP contribution in [-0.2, 0) is 0 Å². The molecule has 1 N–H and O–H groups in total. The van der Waals surface area contributed by atoms with Crippen LogP contribution < -0.4 is 5.43 Å². The monoisotopic (exact) mass is 483 g/mol. The van der Waals surface area contributed by atoms with Crippen molar-refractivity contribution in [1.29, 1.82) is 0 Å². The van der Waals surface area contributed by atoms with Gasteiger partial charge >= 0.3 is 0 Å². The van der Waals surface area contributed by atoms with Gasteiger partial charge in [0.1, 0.15) is 0 Å². The van der Waals surface area contributed by atoms with E-state index in [0.717, 1.165) is 6.54 Å². The van der Waals surface area contributed by atoms with Crippen LogP contribution in [0.15, 0.2) is 12.7 Å². The lowest BCUT2D eigenvalue weighted by atomic mass is 10.0. The molecule has 0 radical (unpaired) electrons. The molecule has 0 saturated heterocycles. The largest absolute Gasteiger partial charge is 0.303 e. The molecule has 198 valence electrons. The van der Waals surface area contributed by atoms with E-state index in [9.17, 15) is 0 Å². The summed E-state index contributed by atoms with van der Waals surface area (Å²) in [6, 6.07) is 0. The number of unbranched alkanes of at least 4 members (excludes halogenated alkanes) is 18. The number of nitrogens with one attached hydrogen (secondary N) is 1. The van der Waals surface area contributed by atoms with Crippen molar-refractivity contribution < 1.29 is 0 Å². The van der Waals surface area contributed by atoms with Gasteiger partial charge < -0.3 is 4.90 Å². The summed E-state index contributed by atoms with van der Waals surface area (Å²) in [6.45, 7) is 10.9. The van der Waals surface area contributed by atoms with Crippen LogP contribution >= 0.6 is 12.8 Å². The molecule has 0 aliphatic carbocycles. The molecule has 0 saturated carbocycles. The molecule has 0 heterocycles. The van der Waals surface area contributed by atoms with Crippen molar-refractivity contribution in [2.75, 3.05) is 33.2 Å². The Kier molecular flexibility index (Phi) is 28.2. The van der Waals surface area contributed by atoms with E-state index in [1.54, 1.807) is 0 Å². The zero-order valence-corrected chi connectivity index (χ0v) is 23.7. The molecule has 0 aromatic heterocycles. The van der Waals surface area contributed by atoms with Gasteiger partial charge in [0.15, 0.2) is 0 Å². The van der Waals surface area contributed by atoms with Gasteiger partial charge in [-0.1, -0.05) is 129 Å². The molecule has 33 heavy (non-hydrogen) atoms. The number of nitrogens with zero attached hydrogens (tertiary/aromatic N) is 2. The van der Waals surface area contributed by atoms with Crippen molar-refractivity contribution in [3.8, 4) is 0 Å². The average Bonchev–Trinajstić information content (AvgIpc) is 2.83. The maximum Gasteiger partial charge on any atom is 0.0254 e. The minimum atomic E-state index is 0.996. The van der Waals surface area contributed by atoms with Gasteiger partial charge in [-0.25, -0.2) is 5.43 Å². The molecule has 0 atom stereocenters. The van der Waals surface area contributed by atoms with Gasteiger partial charge in [-0.3, -0.25) is 0 Å². The van der Waals surface area contributed by atoms with Crippen molar-refractivity contribution in [3.05, 3.63) is 12.7 Å². The lowest BCUT2D eigenvalue weighted by molar-refractivity contribution is 0.244. The first-order valence-corrected chi connectivity index (χ1v) is 15.1. The Morgan fingerprint density at radius 3 is 1.39 bits per heavy atom. The maximum atomic E-state index is 4.42. The minimum absolute atomic E-state index is 0.996. The molecule has 0 unspecified atom stereocenters. The fourth-order valence-electron chi connectivity index (χ4n) is 4.58. The minimum Gasteiger partial charge on any atom is -0.303 e. The van der Waals surface area contributed by atoms with Crippen LogP contribution in [0.1, 0.15) is 142 Å². The molecule has 0 rings (SSSR count). The van der Waals surface area contributed by atoms with Gasteiger partial charge in [0.25, 0.3) is 0 Å². The van der Waals surface area contributed by atoms with E-state index in [0.29, 0.717) is 0 Å². The Balaban J connectivity index is 3.70. The van der Waals surface area contributed by atoms with E-state index in [1.807, 2.05) is 17.5 Å². The molecule has 0 aromatic rings. The summed E-state index contributed by atoms with van der Waals surface area (Å²) < 4.78 is 1.89. The third kappa shape index (κ3) is 26.4. The Labute approximate surface area is 215 Å². The second-order valence-corrected chi connectivity index (χ2v) is 10.5. The number of hydrogen-bond acceptors (Lipinski definition) is 4. The lowest BCUT2D eigenvalue weighted by Crippen LogP contribution is -2.32. The van der Waals surface area contributed by atoms with Gasteiger partial charge in [0.05, 0.1) is 0 Å². The molecule has 0 aliphatic rings. The van der Waals surface area contributed by atoms with Gasteiger partial charge in [0.2, 0.25) is 0 Å². The number of thiol groups is 1. The summed E-state index contributed by atoms with van der Waals surface area (Å²) in [5.41, 5.74) is 3.09. The van der Waals surface area contributed by atoms with E-state index in [-0.39, 0.29) is 0 Å². The fraction of sp³-hybridized carbons (Fsp3) is 0.931. The summed E-state index contributed by atoms with van der Waals surface area (Å²) in [5, 5.41) is 0. The van der Waals surface area contributed by atoms with Gasteiger partial charge in [-0.2, -0.15) is 4.41 Å². The topological polar surface area (TPSA) is 18.5 Å². The number of hydrazine groups is 1. The standard InChI is InChI=1S/C29H61N3S/c1-4-6-8-10-12-13-14-15-16-17-18-20-22-24-27-31(28-25-29-32(33)30-3)26-23-21-19-11-9-7-5-2/h5,30,33H,2,4,6-29H2,1,3H3. The summed E-state index contributed by atoms with van der Waals surface area (Å²) in [4.78, 5) is 2.71. The van der Waals surface area contributed by atoms with Crippen molar-refractivity contribution in [2.24, 2.45) is 0 Å². The average molecular weight is 484 g/mol. The number of allylic oxidation sites excluding steroid dienone is 1. The molecule has 0 fully saturated rings. The number of hydrogen-bond donors (Lipinski definition) is 2. The molecular formula is C29H61N3S. The van der Waals surface area contributed by atoms with Crippen LogP contribution in [0.3, 0.4) is 0 Å². The third-order valence-electron chi connectivity index (χ3n) is 6.81. The Morgan fingerprint density at radius 1 is 0.576 bits per heavy atom. The molecule has 0 amide bonds. The first-order chi connectivity index (χ1) is 16.2. The quantitative estimate of drug-likeness (QED) is 0.0501. The second-order valence-electron chi connectivity index (χ2n) is 9.98. The van der Waals surface area contributed by atoms with Crippen LogP contribution in [0.2, 0.25) is 0 Å². The normalized spacial score (nSPS) is 11.7. The smallest absolute Gasteiger partial charge is 0.0254 e. The van der Waals surface area contributed by atoms with E-state index < -0.39 is 0 Å². The van der Waals surface area contributed by atoms with Crippen LogP contribution in [0.5, 0.6) is 0 Å².